The molecule has 3 nitrogen and oxygen atoms in total. The Hall–Kier alpha value is -1.38. The van der Waals surface area contributed by atoms with E-state index in [4.69, 9.17) is 0 Å². The van der Waals surface area contributed by atoms with Gasteiger partial charge in [0.25, 0.3) is 5.91 Å². The Morgan fingerprint density at radius 3 is 2.44 bits per heavy atom. The molecule has 2 aliphatic heterocycles. The van der Waals surface area contributed by atoms with Gasteiger partial charge >= 0.3 is 0 Å². The van der Waals surface area contributed by atoms with Crippen molar-refractivity contribution < 1.29 is 4.79 Å². The van der Waals surface area contributed by atoms with Gasteiger partial charge in [-0.15, -0.1) is 0 Å². The van der Waals surface area contributed by atoms with E-state index in [9.17, 15) is 4.79 Å². The molecule has 0 aromatic rings. The van der Waals surface area contributed by atoms with E-state index in [2.05, 4.69) is 10.3 Å². The second-order valence-corrected chi connectivity index (χ2v) is 1.86. The van der Waals surface area contributed by atoms with Crippen molar-refractivity contribution in [1.82, 2.24) is 5.32 Å². The Morgan fingerprint density at radius 2 is 2.33 bits per heavy atom. The second-order valence-electron chi connectivity index (χ2n) is 1.86. The molecule has 0 spiro atoms. The largest absolute Gasteiger partial charge is 0.328 e. The Bertz CT molecular complexity index is 260. The predicted octanol–water partition coefficient (Wildman–Crippen LogP) is -0.0316. The molecule has 0 atom stereocenters. The third-order valence-electron chi connectivity index (χ3n) is 1.31. The summed E-state index contributed by atoms with van der Waals surface area (Å²) < 4.78 is 0. The van der Waals surface area contributed by atoms with Crippen molar-refractivity contribution in [2.75, 3.05) is 0 Å². The summed E-state index contributed by atoms with van der Waals surface area (Å²) in [7, 11) is 0. The maximum Gasteiger partial charge on any atom is 0.258 e. The van der Waals surface area contributed by atoms with Crippen LogP contribution < -0.4 is 5.32 Å². The summed E-state index contributed by atoms with van der Waals surface area (Å²) in [4.78, 5) is 14.4. The molecular weight excluding hydrogens is 116 g/mol. The lowest BCUT2D eigenvalue weighted by molar-refractivity contribution is -0.117. The van der Waals surface area contributed by atoms with Crippen molar-refractivity contribution in [3.8, 4) is 0 Å². The molecule has 2 heterocycles. The number of carbonyl (C=O) groups is 1. The molecule has 1 N–H and O–H groups in total. The van der Waals surface area contributed by atoms with Crippen LogP contribution >= 0.6 is 0 Å². The summed E-state index contributed by atoms with van der Waals surface area (Å²) in [6.45, 7) is 0. The average Bonchev–Trinajstić information content (AvgIpc) is 1.74. The highest BCUT2D eigenvalue weighted by Gasteiger charge is 2.22. The van der Waals surface area contributed by atoms with Crippen LogP contribution in [0.1, 0.15) is 0 Å². The van der Waals surface area contributed by atoms with Crippen molar-refractivity contribution in [3.63, 3.8) is 0 Å². The number of hydrogen-bond donors (Lipinski definition) is 1. The maximum atomic E-state index is 10.6. The molecule has 0 saturated carbocycles. The first-order chi connectivity index (χ1) is 4.38. The Kier molecular flexibility index (Phi) is 0.656. The summed E-state index contributed by atoms with van der Waals surface area (Å²) in [5.41, 5.74) is 1.48. The Labute approximate surface area is 51.8 Å². The van der Waals surface area contributed by atoms with Gasteiger partial charge < -0.3 is 5.32 Å². The van der Waals surface area contributed by atoms with Gasteiger partial charge in [0, 0.05) is 12.4 Å². The van der Waals surface area contributed by atoms with E-state index < -0.39 is 0 Å². The molecule has 1 amide bonds. The van der Waals surface area contributed by atoms with E-state index in [0.29, 0.717) is 5.57 Å². The summed E-state index contributed by atoms with van der Waals surface area (Å²) >= 11 is 0. The zero-order chi connectivity index (χ0) is 6.27. The van der Waals surface area contributed by atoms with Gasteiger partial charge in [0.05, 0.1) is 11.3 Å². The van der Waals surface area contributed by atoms with Crippen LogP contribution in [0.25, 0.3) is 0 Å². The number of allylic oxidation sites excluding steroid dienone is 1. The number of amides is 1. The highest BCUT2D eigenvalue weighted by Crippen LogP contribution is 2.11. The minimum absolute atomic E-state index is 0.0295. The highest BCUT2D eigenvalue weighted by atomic mass is 16.2. The summed E-state index contributed by atoms with van der Waals surface area (Å²) in [5, 5.41) is 2.49. The fourth-order valence-electron chi connectivity index (χ4n) is 0.702. The smallest absolute Gasteiger partial charge is 0.258 e. The van der Waals surface area contributed by atoms with Crippen LogP contribution in [0.4, 0.5) is 0 Å². The number of rotatable bonds is 1. The number of nitrogens with zero attached hydrogens (tertiary/aromatic N) is 1. The molecule has 0 radical (unpaired) electrons. The topological polar surface area (TPSA) is 41.5 Å². The molecule has 2 aliphatic rings. The van der Waals surface area contributed by atoms with E-state index in [1.54, 1.807) is 12.4 Å². The molecule has 0 aliphatic carbocycles. The van der Waals surface area contributed by atoms with Gasteiger partial charge in [-0.2, -0.15) is 0 Å². The molecule has 0 saturated heterocycles. The molecule has 9 heavy (non-hydrogen) atoms. The first-order valence-electron chi connectivity index (χ1n) is 2.64. The molecular formula is C6H4N2O. The highest BCUT2D eigenvalue weighted by molar-refractivity contribution is 6.30. The van der Waals surface area contributed by atoms with Crippen LogP contribution in [-0.4, -0.2) is 11.6 Å². The van der Waals surface area contributed by atoms with Gasteiger partial charge in [-0.05, 0) is 6.08 Å². The first-order valence-corrected chi connectivity index (χ1v) is 2.64. The van der Waals surface area contributed by atoms with Crippen LogP contribution in [-0.2, 0) is 4.79 Å². The van der Waals surface area contributed by atoms with Gasteiger partial charge in [0.1, 0.15) is 0 Å². The Morgan fingerprint density at radius 1 is 1.56 bits per heavy atom. The van der Waals surface area contributed by atoms with Gasteiger partial charge in [-0.3, -0.25) is 9.79 Å². The minimum Gasteiger partial charge on any atom is -0.328 e. The molecule has 3 heteroatoms. The summed E-state index contributed by atoms with van der Waals surface area (Å²) in [6.07, 6.45) is 5.14. The summed E-state index contributed by atoms with van der Waals surface area (Å²) in [6, 6.07) is 0. The van der Waals surface area contributed by atoms with E-state index in [1.165, 1.54) is 0 Å². The number of nitrogens with one attached hydrogen (secondary N) is 1. The van der Waals surface area contributed by atoms with Crippen LogP contribution in [0, 0.1) is 0 Å². The maximum absolute atomic E-state index is 10.6. The van der Waals surface area contributed by atoms with E-state index in [0.717, 1.165) is 5.71 Å². The van der Waals surface area contributed by atoms with Crippen LogP contribution in [0.5, 0.6) is 0 Å². The number of aliphatic imine (C=N–C) groups is 1. The zero-order valence-corrected chi connectivity index (χ0v) is 4.59. The molecule has 44 valence electrons. The van der Waals surface area contributed by atoms with Crippen LogP contribution in [0.15, 0.2) is 29.0 Å². The quantitative estimate of drug-likeness (QED) is 0.518. The van der Waals surface area contributed by atoms with Crippen molar-refractivity contribution in [2.45, 2.75) is 0 Å². The van der Waals surface area contributed by atoms with Crippen LogP contribution in [0.3, 0.4) is 0 Å². The molecule has 0 aromatic heterocycles. The number of hydrogen-bond acceptors (Lipinski definition) is 2. The molecule has 0 unspecified atom stereocenters. The lowest BCUT2D eigenvalue weighted by atomic mass is 10.1. The van der Waals surface area contributed by atoms with Crippen molar-refractivity contribution in [3.05, 3.63) is 24.0 Å². The molecule has 0 bridgehead atoms. The third kappa shape index (κ3) is 0.455. The van der Waals surface area contributed by atoms with E-state index in [-0.39, 0.29) is 5.91 Å². The minimum atomic E-state index is -0.0295. The summed E-state index contributed by atoms with van der Waals surface area (Å²) in [5.74, 6) is -0.0295. The molecule has 2 rings (SSSR count). The zero-order valence-electron chi connectivity index (χ0n) is 4.59. The monoisotopic (exact) mass is 120 g/mol. The normalized spacial score (nSPS) is 21.1. The van der Waals surface area contributed by atoms with E-state index in [1.807, 2.05) is 6.08 Å². The van der Waals surface area contributed by atoms with Gasteiger partial charge in [0.2, 0.25) is 0 Å². The van der Waals surface area contributed by atoms with Gasteiger partial charge in [0.15, 0.2) is 0 Å². The van der Waals surface area contributed by atoms with Crippen molar-refractivity contribution in [1.29, 1.82) is 0 Å². The fraction of sp³-hybridized carbons (Fsp3) is 0. The molecule has 0 aromatic carbocycles. The van der Waals surface area contributed by atoms with Gasteiger partial charge in [-0.1, -0.05) is 0 Å². The predicted molar refractivity (Wildman–Crippen MR) is 32.8 cm³/mol. The van der Waals surface area contributed by atoms with E-state index >= 15 is 0 Å². The lowest BCUT2D eigenvalue weighted by Gasteiger charge is -2.16. The lowest BCUT2D eigenvalue weighted by Crippen LogP contribution is -2.34. The second kappa shape index (κ2) is 1.31. The van der Waals surface area contributed by atoms with Crippen molar-refractivity contribution in [2.24, 2.45) is 4.99 Å². The number of carbonyl (C=O) groups excluding carboxylic acids is 1. The first kappa shape index (κ1) is 4.49. The fourth-order valence-corrected chi connectivity index (χ4v) is 0.702. The standard InChI is InChI=1S/C6H4N2O/c9-6-4(3-8-6)5-1-2-7-5/h1-3H,(H,8,9). The SMILES string of the molecule is O=C1NC=C1C1=NC=C1. The third-order valence-corrected chi connectivity index (χ3v) is 1.31. The average molecular weight is 120 g/mol. The van der Waals surface area contributed by atoms with Crippen LogP contribution in [0.2, 0.25) is 0 Å². The van der Waals surface area contributed by atoms with Crippen molar-refractivity contribution >= 4 is 11.6 Å². The van der Waals surface area contributed by atoms with Gasteiger partial charge in [-0.25, -0.2) is 0 Å². The Balaban J connectivity index is 2.25. The molecule has 0 fully saturated rings.